The van der Waals surface area contributed by atoms with Crippen LogP contribution in [0.15, 0.2) is 22.4 Å². The van der Waals surface area contributed by atoms with Gasteiger partial charge in [-0.3, -0.25) is 4.79 Å². The summed E-state index contributed by atoms with van der Waals surface area (Å²) in [7, 11) is 0. The number of aldehydes is 1. The van der Waals surface area contributed by atoms with Crippen molar-refractivity contribution in [1.82, 2.24) is 0 Å². The van der Waals surface area contributed by atoms with Crippen LogP contribution in [0.2, 0.25) is 0 Å². The third kappa shape index (κ3) is 1.37. The second-order valence-electron chi connectivity index (χ2n) is 3.07. The van der Waals surface area contributed by atoms with Crippen molar-refractivity contribution in [2.75, 3.05) is 6.26 Å². The van der Waals surface area contributed by atoms with Gasteiger partial charge >= 0.3 is 0 Å². The number of hydrogen-bond acceptors (Lipinski definition) is 3. The normalized spacial score (nSPS) is 10.7. The van der Waals surface area contributed by atoms with Gasteiger partial charge in [0.15, 0.2) is 6.29 Å². The van der Waals surface area contributed by atoms with Gasteiger partial charge in [-0.15, -0.1) is 23.1 Å². The Bertz CT molecular complexity index is 485. The number of thioether (sulfide) groups is 1. The molecule has 14 heavy (non-hydrogen) atoms. The minimum absolute atomic E-state index is 0.836. The van der Waals surface area contributed by atoms with Crippen molar-refractivity contribution in [2.24, 2.45) is 0 Å². The Hall–Kier alpha value is -0.800. The molecule has 0 bridgehead atoms. The Labute approximate surface area is 91.1 Å². The molecule has 0 saturated carbocycles. The van der Waals surface area contributed by atoms with E-state index in [0.717, 1.165) is 22.3 Å². The van der Waals surface area contributed by atoms with E-state index in [1.807, 2.05) is 13.2 Å². The highest BCUT2D eigenvalue weighted by Gasteiger charge is 2.09. The number of benzene rings is 1. The number of rotatable bonds is 2. The van der Waals surface area contributed by atoms with Crippen molar-refractivity contribution in [2.45, 2.75) is 11.8 Å². The van der Waals surface area contributed by atoms with Crippen LogP contribution in [0.5, 0.6) is 0 Å². The first kappa shape index (κ1) is 9.74. The number of thiophene rings is 1. The summed E-state index contributed by atoms with van der Waals surface area (Å²) < 4.78 is 1.26. The molecule has 1 aromatic heterocycles. The molecule has 0 unspecified atom stereocenters. The van der Waals surface area contributed by atoms with E-state index in [-0.39, 0.29) is 0 Å². The molecule has 0 radical (unpaired) electrons. The predicted octanol–water partition coefficient (Wildman–Crippen LogP) is 3.74. The first-order chi connectivity index (χ1) is 6.77. The molecule has 0 aliphatic carbocycles. The average Bonchev–Trinajstić information content (AvgIpc) is 2.65. The summed E-state index contributed by atoms with van der Waals surface area (Å²) >= 11 is 3.35. The van der Waals surface area contributed by atoms with Crippen molar-refractivity contribution < 1.29 is 4.79 Å². The van der Waals surface area contributed by atoms with Gasteiger partial charge in [0.2, 0.25) is 0 Å². The van der Waals surface area contributed by atoms with Crippen LogP contribution in [-0.2, 0) is 0 Å². The van der Waals surface area contributed by atoms with Gasteiger partial charge in [0.25, 0.3) is 0 Å². The minimum Gasteiger partial charge on any atom is -0.298 e. The van der Waals surface area contributed by atoms with Crippen LogP contribution >= 0.6 is 23.1 Å². The van der Waals surface area contributed by atoms with Gasteiger partial charge < -0.3 is 0 Å². The summed E-state index contributed by atoms with van der Waals surface area (Å²) in [4.78, 5) is 12.0. The molecule has 0 aliphatic rings. The van der Waals surface area contributed by atoms with E-state index in [1.54, 1.807) is 23.1 Å². The minimum atomic E-state index is 0.836. The average molecular weight is 222 g/mol. The molecule has 2 aromatic rings. The number of carbonyl (C=O) groups is 1. The van der Waals surface area contributed by atoms with Gasteiger partial charge in [0.1, 0.15) is 0 Å². The summed E-state index contributed by atoms with van der Waals surface area (Å²) in [6.45, 7) is 2.01. The fourth-order valence-electron chi connectivity index (χ4n) is 1.58. The molecule has 0 spiro atoms. The van der Waals surface area contributed by atoms with Crippen LogP contribution in [0, 0.1) is 6.92 Å². The SMILES string of the molecule is CSc1cc2sccc2c(C)c1C=O. The monoisotopic (exact) mass is 222 g/mol. The van der Waals surface area contributed by atoms with Crippen molar-refractivity contribution >= 4 is 39.5 Å². The van der Waals surface area contributed by atoms with Crippen LogP contribution in [0.3, 0.4) is 0 Å². The molecule has 1 heterocycles. The second-order valence-corrected chi connectivity index (χ2v) is 4.86. The number of carbonyl (C=O) groups excluding carboxylic acids is 1. The highest BCUT2D eigenvalue weighted by molar-refractivity contribution is 7.98. The van der Waals surface area contributed by atoms with E-state index in [0.29, 0.717) is 0 Å². The summed E-state index contributed by atoms with van der Waals surface area (Å²) in [5, 5.41) is 3.27. The van der Waals surface area contributed by atoms with E-state index >= 15 is 0 Å². The van der Waals surface area contributed by atoms with Crippen molar-refractivity contribution in [1.29, 1.82) is 0 Å². The molecule has 2 rings (SSSR count). The molecule has 72 valence electrons. The van der Waals surface area contributed by atoms with Gasteiger partial charge in [-0.1, -0.05) is 0 Å². The quantitative estimate of drug-likeness (QED) is 0.568. The van der Waals surface area contributed by atoms with Crippen LogP contribution in [-0.4, -0.2) is 12.5 Å². The molecule has 1 aromatic carbocycles. The topological polar surface area (TPSA) is 17.1 Å². The lowest BCUT2D eigenvalue weighted by Gasteiger charge is -2.06. The first-order valence-corrected chi connectivity index (χ1v) is 6.38. The molecule has 0 fully saturated rings. The molecular weight excluding hydrogens is 212 g/mol. The fraction of sp³-hybridized carbons (Fsp3) is 0.182. The summed E-state index contributed by atoms with van der Waals surface area (Å²) in [5.41, 5.74) is 1.94. The molecule has 1 nitrogen and oxygen atoms in total. The Morgan fingerprint density at radius 1 is 1.50 bits per heavy atom. The van der Waals surface area contributed by atoms with Gasteiger partial charge in [-0.2, -0.15) is 0 Å². The highest BCUT2D eigenvalue weighted by atomic mass is 32.2. The summed E-state index contributed by atoms with van der Waals surface area (Å²) in [5.74, 6) is 0. The number of fused-ring (bicyclic) bond motifs is 1. The third-order valence-corrected chi connectivity index (χ3v) is 4.01. The maximum Gasteiger partial charge on any atom is 0.151 e. The van der Waals surface area contributed by atoms with E-state index in [1.165, 1.54) is 10.1 Å². The van der Waals surface area contributed by atoms with Crippen LogP contribution < -0.4 is 0 Å². The Kier molecular flexibility index (Phi) is 2.61. The standard InChI is InChI=1S/C11H10OS2/c1-7-8-3-4-14-11(8)5-10(13-2)9(7)6-12/h3-6H,1-2H3. The molecule has 3 heteroatoms. The van der Waals surface area contributed by atoms with Crippen molar-refractivity contribution in [3.8, 4) is 0 Å². The predicted molar refractivity (Wildman–Crippen MR) is 63.7 cm³/mol. The maximum absolute atomic E-state index is 11.0. The first-order valence-electron chi connectivity index (χ1n) is 4.28. The largest absolute Gasteiger partial charge is 0.298 e. The molecule has 0 N–H and O–H groups in total. The Balaban J connectivity index is 2.85. The van der Waals surface area contributed by atoms with Gasteiger partial charge in [-0.05, 0) is 41.6 Å². The Morgan fingerprint density at radius 2 is 2.29 bits per heavy atom. The molecule has 0 amide bonds. The van der Waals surface area contributed by atoms with E-state index in [2.05, 4.69) is 17.5 Å². The number of hydrogen-bond donors (Lipinski definition) is 0. The molecule has 0 saturated heterocycles. The van der Waals surface area contributed by atoms with E-state index in [4.69, 9.17) is 0 Å². The van der Waals surface area contributed by atoms with Gasteiger partial charge in [0.05, 0.1) is 0 Å². The molecule has 0 atom stereocenters. The smallest absolute Gasteiger partial charge is 0.151 e. The zero-order chi connectivity index (χ0) is 10.1. The number of aryl methyl sites for hydroxylation is 1. The molecule has 0 aliphatic heterocycles. The third-order valence-electron chi connectivity index (χ3n) is 2.37. The van der Waals surface area contributed by atoms with Crippen LogP contribution in [0.1, 0.15) is 15.9 Å². The fourth-order valence-corrected chi connectivity index (χ4v) is 3.20. The second kappa shape index (κ2) is 3.75. The highest BCUT2D eigenvalue weighted by Crippen LogP contribution is 2.32. The lowest BCUT2D eigenvalue weighted by atomic mass is 10.1. The van der Waals surface area contributed by atoms with Crippen molar-refractivity contribution in [3.63, 3.8) is 0 Å². The zero-order valence-electron chi connectivity index (χ0n) is 8.03. The van der Waals surface area contributed by atoms with Crippen LogP contribution in [0.25, 0.3) is 10.1 Å². The molecular formula is C11H10OS2. The zero-order valence-corrected chi connectivity index (χ0v) is 9.67. The van der Waals surface area contributed by atoms with E-state index in [9.17, 15) is 4.79 Å². The summed E-state index contributed by atoms with van der Waals surface area (Å²) in [6.07, 6.45) is 2.96. The van der Waals surface area contributed by atoms with E-state index < -0.39 is 0 Å². The van der Waals surface area contributed by atoms with Gasteiger partial charge in [0, 0.05) is 15.2 Å². The van der Waals surface area contributed by atoms with Crippen LogP contribution in [0.4, 0.5) is 0 Å². The maximum atomic E-state index is 11.0. The van der Waals surface area contributed by atoms with Crippen molar-refractivity contribution in [3.05, 3.63) is 28.6 Å². The summed E-state index contributed by atoms with van der Waals surface area (Å²) in [6, 6.07) is 4.17. The lowest BCUT2D eigenvalue weighted by molar-refractivity contribution is 0.112. The lowest BCUT2D eigenvalue weighted by Crippen LogP contribution is -1.90. The van der Waals surface area contributed by atoms with Gasteiger partial charge in [-0.25, -0.2) is 0 Å². The Morgan fingerprint density at radius 3 is 2.93 bits per heavy atom.